The topological polar surface area (TPSA) is 71.3 Å². The number of halogens is 1. The SMILES string of the molecule is O=C(/C=C/c1ccc(Cl)cc1)Nc1cccc(C(=O)NCc2ccco2)c1. The molecule has 3 aromatic rings. The van der Waals surface area contributed by atoms with E-state index in [-0.39, 0.29) is 11.8 Å². The Hall–Kier alpha value is -3.31. The van der Waals surface area contributed by atoms with Crippen LogP contribution in [0.4, 0.5) is 5.69 Å². The van der Waals surface area contributed by atoms with Crippen molar-refractivity contribution in [2.75, 3.05) is 5.32 Å². The lowest BCUT2D eigenvalue weighted by Crippen LogP contribution is -2.22. The van der Waals surface area contributed by atoms with E-state index in [9.17, 15) is 9.59 Å². The highest BCUT2D eigenvalue weighted by Gasteiger charge is 2.08. The summed E-state index contributed by atoms with van der Waals surface area (Å²) in [5, 5.41) is 6.14. The van der Waals surface area contributed by atoms with Crippen molar-refractivity contribution < 1.29 is 14.0 Å². The van der Waals surface area contributed by atoms with Gasteiger partial charge in [0.2, 0.25) is 5.91 Å². The lowest BCUT2D eigenvalue weighted by molar-refractivity contribution is -0.111. The second-order valence-electron chi connectivity index (χ2n) is 5.72. The van der Waals surface area contributed by atoms with E-state index in [0.29, 0.717) is 28.6 Å². The van der Waals surface area contributed by atoms with Crippen molar-refractivity contribution in [3.05, 3.63) is 94.9 Å². The van der Waals surface area contributed by atoms with E-state index >= 15 is 0 Å². The van der Waals surface area contributed by atoms with Crippen LogP contribution in [0.2, 0.25) is 5.02 Å². The molecule has 0 spiro atoms. The van der Waals surface area contributed by atoms with E-state index in [4.69, 9.17) is 16.0 Å². The number of amides is 2. The Bertz CT molecular complexity index is 948. The fourth-order valence-electron chi connectivity index (χ4n) is 2.35. The van der Waals surface area contributed by atoms with E-state index in [1.165, 1.54) is 6.08 Å². The predicted molar refractivity (Wildman–Crippen MR) is 105 cm³/mol. The minimum absolute atomic E-state index is 0.251. The monoisotopic (exact) mass is 380 g/mol. The van der Waals surface area contributed by atoms with Crippen molar-refractivity contribution in [3.63, 3.8) is 0 Å². The molecule has 0 unspecified atom stereocenters. The van der Waals surface area contributed by atoms with Crippen LogP contribution in [-0.4, -0.2) is 11.8 Å². The van der Waals surface area contributed by atoms with Gasteiger partial charge in [0.15, 0.2) is 0 Å². The number of hydrogen-bond acceptors (Lipinski definition) is 3. The van der Waals surface area contributed by atoms with Gasteiger partial charge in [-0.3, -0.25) is 9.59 Å². The quantitative estimate of drug-likeness (QED) is 0.618. The molecular formula is C21H17ClN2O3. The van der Waals surface area contributed by atoms with Crippen LogP contribution >= 0.6 is 11.6 Å². The standard InChI is InChI=1S/C21H17ClN2O3/c22-17-9-6-15(7-10-17)8-11-20(25)24-18-4-1-3-16(13-18)21(26)23-14-19-5-2-12-27-19/h1-13H,14H2,(H,23,26)(H,24,25)/b11-8+. The highest BCUT2D eigenvalue weighted by Crippen LogP contribution is 2.13. The molecule has 0 aliphatic heterocycles. The first-order valence-electron chi connectivity index (χ1n) is 8.25. The molecule has 0 radical (unpaired) electrons. The number of benzene rings is 2. The fraction of sp³-hybridized carbons (Fsp3) is 0.0476. The van der Waals surface area contributed by atoms with Crippen LogP contribution in [-0.2, 0) is 11.3 Å². The van der Waals surface area contributed by atoms with Crippen molar-refractivity contribution in [1.29, 1.82) is 0 Å². The summed E-state index contributed by atoms with van der Waals surface area (Å²) in [7, 11) is 0. The Morgan fingerprint density at radius 3 is 2.59 bits per heavy atom. The normalized spacial score (nSPS) is 10.7. The van der Waals surface area contributed by atoms with Crippen LogP contribution in [0.25, 0.3) is 6.08 Å². The van der Waals surface area contributed by atoms with Gasteiger partial charge in [-0.1, -0.05) is 29.8 Å². The smallest absolute Gasteiger partial charge is 0.251 e. The molecule has 136 valence electrons. The minimum atomic E-state index is -0.293. The Labute approximate surface area is 161 Å². The molecule has 6 heteroatoms. The Balaban J connectivity index is 1.58. The van der Waals surface area contributed by atoms with Crippen molar-refractivity contribution in [2.24, 2.45) is 0 Å². The van der Waals surface area contributed by atoms with Crippen LogP contribution in [0.1, 0.15) is 21.7 Å². The van der Waals surface area contributed by atoms with Crippen LogP contribution < -0.4 is 10.6 Å². The summed E-state index contributed by atoms with van der Waals surface area (Å²) in [6.45, 7) is 0.298. The summed E-state index contributed by atoms with van der Waals surface area (Å²) in [6.07, 6.45) is 4.66. The van der Waals surface area contributed by atoms with Gasteiger partial charge in [0.05, 0.1) is 12.8 Å². The van der Waals surface area contributed by atoms with Gasteiger partial charge in [0, 0.05) is 22.3 Å². The molecule has 0 atom stereocenters. The third-order valence-corrected chi connectivity index (χ3v) is 3.94. The fourth-order valence-corrected chi connectivity index (χ4v) is 2.48. The maximum atomic E-state index is 12.2. The number of hydrogen-bond donors (Lipinski definition) is 2. The zero-order chi connectivity index (χ0) is 19.1. The number of carbonyl (C=O) groups excluding carboxylic acids is 2. The van der Waals surface area contributed by atoms with Gasteiger partial charge in [-0.25, -0.2) is 0 Å². The van der Waals surface area contributed by atoms with Gasteiger partial charge in [0.1, 0.15) is 5.76 Å². The third-order valence-electron chi connectivity index (χ3n) is 3.69. The molecule has 2 N–H and O–H groups in total. The van der Waals surface area contributed by atoms with Gasteiger partial charge < -0.3 is 15.1 Å². The number of nitrogens with one attached hydrogen (secondary N) is 2. The molecule has 2 amide bonds. The molecule has 0 bridgehead atoms. The highest BCUT2D eigenvalue weighted by molar-refractivity contribution is 6.30. The molecule has 1 aromatic heterocycles. The van der Waals surface area contributed by atoms with Gasteiger partial charge in [-0.2, -0.15) is 0 Å². The highest BCUT2D eigenvalue weighted by atomic mass is 35.5. The van der Waals surface area contributed by atoms with Crippen LogP contribution in [0.15, 0.2) is 77.4 Å². The number of rotatable bonds is 6. The molecule has 0 aliphatic rings. The first kappa shape index (κ1) is 18.5. The van der Waals surface area contributed by atoms with Crippen LogP contribution in [0.5, 0.6) is 0 Å². The molecule has 0 aliphatic carbocycles. The number of furan rings is 1. The molecule has 0 saturated heterocycles. The van der Waals surface area contributed by atoms with E-state index in [0.717, 1.165) is 5.56 Å². The summed E-state index contributed by atoms with van der Waals surface area (Å²) in [4.78, 5) is 24.3. The van der Waals surface area contributed by atoms with Crippen LogP contribution in [0.3, 0.4) is 0 Å². The number of anilines is 1. The van der Waals surface area contributed by atoms with Crippen LogP contribution in [0, 0.1) is 0 Å². The molecule has 5 nitrogen and oxygen atoms in total. The summed E-state index contributed by atoms with van der Waals surface area (Å²) in [5.74, 6) is 0.123. The maximum absolute atomic E-state index is 12.2. The second-order valence-corrected chi connectivity index (χ2v) is 6.15. The average molecular weight is 381 g/mol. The summed E-state index contributed by atoms with van der Waals surface area (Å²) >= 11 is 5.83. The first-order chi connectivity index (χ1) is 13.1. The van der Waals surface area contributed by atoms with E-state index in [1.807, 2.05) is 12.1 Å². The largest absolute Gasteiger partial charge is 0.467 e. The first-order valence-corrected chi connectivity index (χ1v) is 8.63. The number of carbonyl (C=O) groups is 2. The molecule has 3 rings (SSSR count). The molecule has 0 fully saturated rings. The lowest BCUT2D eigenvalue weighted by Gasteiger charge is -2.06. The van der Waals surface area contributed by atoms with Crippen molar-refractivity contribution in [3.8, 4) is 0 Å². The lowest BCUT2D eigenvalue weighted by atomic mass is 10.2. The van der Waals surface area contributed by atoms with Gasteiger partial charge >= 0.3 is 0 Å². The summed E-state index contributed by atoms with van der Waals surface area (Å²) in [5.41, 5.74) is 1.84. The zero-order valence-corrected chi connectivity index (χ0v) is 15.1. The Kier molecular flexibility index (Phi) is 6.07. The molecule has 0 saturated carbocycles. The second kappa shape index (κ2) is 8.87. The van der Waals surface area contributed by atoms with E-state index < -0.39 is 0 Å². The Morgan fingerprint density at radius 2 is 1.85 bits per heavy atom. The van der Waals surface area contributed by atoms with E-state index in [1.54, 1.807) is 60.9 Å². The van der Waals surface area contributed by atoms with Crippen molar-refractivity contribution in [1.82, 2.24) is 5.32 Å². The van der Waals surface area contributed by atoms with Crippen molar-refractivity contribution in [2.45, 2.75) is 6.54 Å². The molecule has 1 heterocycles. The Morgan fingerprint density at radius 1 is 1.04 bits per heavy atom. The minimum Gasteiger partial charge on any atom is -0.467 e. The van der Waals surface area contributed by atoms with Gasteiger partial charge in [-0.15, -0.1) is 0 Å². The van der Waals surface area contributed by atoms with Crippen molar-refractivity contribution >= 4 is 35.2 Å². The maximum Gasteiger partial charge on any atom is 0.251 e. The zero-order valence-electron chi connectivity index (χ0n) is 14.3. The molecule has 27 heavy (non-hydrogen) atoms. The van der Waals surface area contributed by atoms with Gasteiger partial charge in [0.25, 0.3) is 5.91 Å². The predicted octanol–water partition coefficient (Wildman–Crippen LogP) is 4.51. The van der Waals surface area contributed by atoms with E-state index in [2.05, 4.69) is 10.6 Å². The summed E-state index contributed by atoms with van der Waals surface area (Å²) < 4.78 is 5.18. The average Bonchev–Trinajstić information content (AvgIpc) is 3.19. The van der Waals surface area contributed by atoms with Gasteiger partial charge in [-0.05, 0) is 54.1 Å². The molecular weight excluding hydrogens is 364 g/mol. The summed E-state index contributed by atoms with van der Waals surface area (Å²) in [6, 6.07) is 17.4. The third kappa shape index (κ3) is 5.59. The molecule has 2 aromatic carbocycles.